The number of nitrogens with zero attached hydrogens (tertiary/aromatic N) is 2. The first-order chi connectivity index (χ1) is 15.0. The molecule has 2 aromatic rings. The number of carbonyl (C=O) groups is 1. The van der Waals surface area contributed by atoms with Gasteiger partial charge in [0, 0.05) is 30.6 Å². The third-order valence-corrected chi connectivity index (χ3v) is 6.71. The van der Waals surface area contributed by atoms with Gasteiger partial charge in [0.15, 0.2) is 0 Å². The van der Waals surface area contributed by atoms with Crippen LogP contribution in [0.5, 0.6) is 5.75 Å². The summed E-state index contributed by atoms with van der Waals surface area (Å²) in [4.78, 5) is 20.4. The lowest BCUT2D eigenvalue weighted by atomic mass is 10.0. The molecule has 2 aliphatic heterocycles. The second kappa shape index (κ2) is 9.70. The van der Waals surface area contributed by atoms with Gasteiger partial charge in [0.1, 0.15) is 17.7 Å². The molecule has 0 aliphatic carbocycles. The van der Waals surface area contributed by atoms with E-state index in [1.54, 1.807) is 19.2 Å². The van der Waals surface area contributed by atoms with Crippen LogP contribution in [0.2, 0.25) is 4.34 Å². The normalized spacial score (nSPS) is 18.3. The molecule has 1 saturated heterocycles. The molecule has 1 amide bonds. The minimum Gasteiger partial charge on any atom is -0.496 e. The number of piperidine rings is 1. The summed E-state index contributed by atoms with van der Waals surface area (Å²) in [6.45, 7) is 2.20. The average molecular weight is 461 g/mol. The molecular formula is C22H25ClN4O3S. The quantitative estimate of drug-likeness (QED) is 0.501. The molecule has 1 atom stereocenters. The second-order valence-electron chi connectivity index (χ2n) is 7.59. The van der Waals surface area contributed by atoms with Crippen molar-refractivity contribution in [3.63, 3.8) is 0 Å². The van der Waals surface area contributed by atoms with Crippen molar-refractivity contribution in [1.29, 1.82) is 5.41 Å². The highest BCUT2D eigenvalue weighted by Crippen LogP contribution is 2.27. The molecule has 4 rings (SSSR count). The maximum atomic E-state index is 12.2. The Morgan fingerprint density at radius 3 is 2.84 bits per heavy atom. The van der Waals surface area contributed by atoms with Gasteiger partial charge in [0.05, 0.1) is 28.6 Å². The van der Waals surface area contributed by atoms with Crippen LogP contribution in [0.25, 0.3) is 0 Å². The molecule has 1 aromatic heterocycles. The highest BCUT2D eigenvalue weighted by molar-refractivity contribution is 7.18. The molecule has 164 valence electrons. The Morgan fingerprint density at radius 2 is 2.13 bits per heavy atom. The average Bonchev–Trinajstić information content (AvgIpc) is 3.46. The predicted octanol–water partition coefficient (Wildman–Crippen LogP) is 4.14. The lowest BCUT2D eigenvalue weighted by Crippen LogP contribution is -2.35. The predicted molar refractivity (Wildman–Crippen MR) is 123 cm³/mol. The third-order valence-electron chi connectivity index (χ3n) is 5.48. The van der Waals surface area contributed by atoms with Gasteiger partial charge in [0.25, 0.3) is 5.91 Å². The number of hydrogen-bond donors (Lipinski definition) is 2. The number of halogens is 1. The van der Waals surface area contributed by atoms with E-state index in [2.05, 4.69) is 15.4 Å². The van der Waals surface area contributed by atoms with E-state index in [9.17, 15) is 4.79 Å². The molecule has 1 aromatic carbocycles. The van der Waals surface area contributed by atoms with Crippen LogP contribution in [0.1, 0.15) is 46.5 Å². The van der Waals surface area contributed by atoms with Crippen LogP contribution in [0.4, 0.5) is 0 Å². The van der Waals surface area contributed by atoms with E-state index in [-0.39, 0.29) is 12.0 Å². The summed E-state index contributed by atoms with van der Waals surface area (Å²) in [7, 11) is 1.62. The zero-order chi connectivity index (χ0) is 21.8. The fourth-order valence-corrected chi connectivity index (χ4v) is 4.76. The van der Waals surface area contributed by atoms with E-state index in [4.69, 9.17) is 26.6 Å². The number of hydrogen-bond acceptors (Lipinski definition) is 6. The monoisotopic (exact) mass is 460 g/mol. The van der Waals surface area contributed by atoms with Crippen molar-refractivity contribution in [1.82, 2.24) is 10.2 Å². The van der Waals surface area contributed by atoms with Crippen molar-refractivity contribution in [2.45, 2.75) is 31.8 Å². The minimum absolute atomic E-state index is 0.174. The van der Waals surface area contributed by atoms with Gasteiger partial charge in [-0.2, -0.15) is 0 Å². The summed E-state index contributed by atoms with van der Waals surface area (Å²) in [6.07, 6.45) is 3.80. The molecule has 1 unspecified atom stereocenters. The van der Waals surface area contributed by atoms with Crippen LogP contribution in [0.15, 0.2) is 35.5 Å². The summed E-state index contributed by atoms with van der Waals surface area (Å²) in [5.41, 5.74) is 2.45. The van der Waals surface area contributed by atoms with E-state index in [0.29, 0.717) is 33.8 Å². The maximum absolute atomic E-state index is 12.2. The van der Waals surface area contributed by atoms with Crippen LogP contribution in [0.3, 0.4) is 0 Å². The van der Waals surface area contributed by atoms with Gasteiger partial charge < -0.3 is 19.8 Å². The number of methoxy groups -OCH3 is 1. The highest BCUT2D eigenvalue weighted by atomic mass is 35.5. The van der Waals surface area contributed by atoms with Gasteiger partial charge in [-0.15, -0.1) is 11.3 Å². The van der Waals surface area contributed by atoms with Gasteiger partial charge in [-0.05, 0) is 43.5 Å². The van der Waals surface area contributed by atoms with E-state index in [1.807, 2.05) is 18.2 Å². The summed E-state index contributed by atoms with van der Waals surface area (Å²) in [5.74, 6) is 1.02. The van der Waals surface area contributed by atoms with Crippen LogP contribution in [-0.2, 0) is 4.84 Å². The smallest absolute Gasteiger partial charge is 0.261 e. The first kappa shape index (κ1) is 21.6. The number of amides is 1. The molecule has 0 radical (unpaired) electrons. The number of nitrogens with one attached hydrogen (secondary N) is 2. The summed E-state index contributed by atoms with van der Waals surface area (Å²) in [5, 5.41) is 15.6. The molecule has 9 heteroatoms. The number of oxime groups is 1. The Kier molecular flexibility index (Phi) is 6.77. The van der Waals surface area contributed by atoms with Crippen LogP contribution < -0.4 is 10.1 Å². The van der Waals surface area contributed by atoms with E-state index in [1.165, 1.54) is 17.8 Å². The zero-order valence-electron chi connectivity index (χ0n) is 17.3. The summed E-state index contributed by atoms with van der Waals surface area (Å²) in [6, 6.07) is 9.17. The maximum Gasteiger partial charge on any atom is 0.261 e. The van der Waals surface area contributed by atoms with Crippen molar-refractivity contribution >= 4 is 40.4 Å². The van der Waals surface area contributed by atoms with E-state index >= 15 is 0 Å². The largest absolute Gasteiger partial charge is 0.496 e. The third kappa shape index (κ3) is 5.02. The van der Waals surface area contributed by atoms with Crippen molar-refractivity contribution in [3.8, 4) is 5.75 Å². The number of likely N-dealkylation sites (tertiary alicyclic amines) is 1. The number of amidine groups is 1. The molecule has 7 nitrogen and oxygen atoms in total. The van der Waals surface area contributed by atoms with Crippen LogP contribution >= 0.6 is 22.9 Å². The van der Waals surface area contributed by atoms with Gasteiger partial charge in [-0.1, -0.05) is 22.8 Å². The molecule has 31 heavy (non-hydrogen) atoms. The Labute approximate surface area is 190 Å². The van der Waals surface area contributed by atoms with Gasteiger partial charge in [0.2, 0.25) is 0 Å². The molecule has 0 spiro atoms. The van der Waals surface area contributed by atoms with Crippen LogP contribution in [-0.4, -0.2) is 55.2 Å². The van der Waals surface area contributed by atoms with Gasteiger partial charge in [-0.3, -0.25) is 10.2 Å². The molecular weight excluding hydrogens is 436 g/mol. The topological polar surface area (TPSA) is 87.0 Å². The Hall–Kier alpha value is -2.58. The first-order valence-electron chi connectivity index (χ1n) is 10.3. The van der Waals surface area contributed by atoms with Crippen molar-refractivity contribution in [2.24, 2.45) is 5.16 Å². The molecule has 3 heterocycles. The number of thiophene rings is 1. The Morgan fingerprint density at radius 1 is 1.32 bits per heavy atom. The SMILES string of the molecule is COc1cc(C(=N)N2CCCCC2)ccc1C1=NOC(CNC(=O)c2ccc(Cl)s2)C1. The molecule has 2 N–H and O–H groups in total. The highest BCUT2D eigenvalue weighted by Gasteiger charge is 2.26. The lowest BCUT2D eigenvalue weighted by molar-refractivity contribution is 0.0755. The number of benzene rings is 1. The van der Waals surface area contributed by atoms with Crippen molar-refractivity contribution in [3.05, 3.63) is 50.7 Å². The fourth-order valence-electron chi connectivity index (χ4n) is 3.80. The van der Waals surface area contributed by atoms with Crippen molar-refractivity contribution in [2.75, 3.05) is 26.7 Å². The Balaban J connectivity index is 1.38. The molecule has 0 saturated carbocycles. The standard InChI is InChI=1S/C22H25ClN4O3S/c1-29-18-11-14(21(24)27-9-3-2-4-10-27)5-6-16(18)17-12-15(30-26-17)13-25-22(28)19-7-8-20(23)31-19/h5-8,11,15,24H,2-4,9-10,12-13H2,1H3,(H,25,28). The van der Waals surface area contributed by atoms with Gasteiger partial charge >= 0.3 is 0 Å². The summed E-state index contributed by atoms with van der Waals surface area (Å²) >= 11 is 7.13. The molecule has 0 bridgehead atoms. The molecule has 2 aliphatic rings. The Bertz CT molecular complexity index is 1000. The summed E-state index contributed by atoms with van der Waals surface area (Å²) < 4.78 is 6.18. The number of carbonyl (C=O) groups excluding carboxylic acids is 1. The minimum atomic E-state index is -0.245. The van der Waals surface area contributed by atoms with Crippen molar-refractivity contribution < 1.29 is 14.4 Å². The fraction of sp³-hybridized carbons (Fsp3) is 0.409. The van der Waals surface area contributed by atoms with E-state index < -0.39 is 0 Å². The van der Waals surface area contributed by atoms with Crippen LogP contribution in [0, 0.1) is 5.41 Å². The van der Waals surface area contributed by atoms with E-state index in [0.717, 1.165) is 42.8 Å². The second-order valence-corrected chi connectivity index (χ2v) is 9.31. The lowest BCUT2D eigenvalue weighted by Gasteiger charge is -2.29. The first-order valence-corrected chi connectivity index (χ1v) is 11.5. The molecule has 1 fully saturated rings. The van der Waals surface area contributed by atoms with Gasteiger partial charge in [-0.25, -0.2) is 0 Å². The number of rotatable bonds is 6. The zero-order valence-corrected chi connectivity index (χ0v) is 18.9. The number of ether oxygens (including phenoxy) is 1.